The summed E-state index contributed by atoms with van der Waals surface area (Å²) in [6.45, 7) is 4.64. The number of amides is 1. The molecule has 0 saturated heterocycles. The molecule has 0 aliphatic heterocycles. The molecule has 3 nitrogen and oxygen atoms in total. The third-order valence-corrected chi connectivity index (χ3v) is 3.36. The molecule has 0 aromatic heterocycles. The van der Waals surface area contributed by atoms with Gasteiger partial charge in [0.2, 0.25) is 5.91 Å². The molecule has 1 rings (SSSR count). The molecule has 0 heterocycles. The third kappa shape index (κ3) is 4.68. The molecule has 0 radical (unpaired) electrons. The number of aryl methyl sites for hydroxylation is 1. The Morgan fingerprint density at radius 1 is 1.44 bits per heavy atom. The second-order valence-electron chi connectivity index (χ2n) is 3.77. The SMILES string of the molecule is Cc1ccc(NC(=O)CSC(C)CN)cc1. The fraction of sp³-hybridized carbons (Fsp3) is 0.417. The predicted molar refractivity (Wildman–Crippen MR) is 70.8 cm³/mol. The second-order valence-corrected chi connectivity index (χ2v) is 5.20. The molecule has 4 heteroatoms. The van der Waals surface area contributed by atoms with Crippen molar-refractivity contribution >= 4 is 23.4 Å². The van der Waals surface area contributed by atoms with Crippen LogP contribution in [0.15, 0.2) is 24.3 Å². The zero-order valence-corrected chi connectivity index (χ0v) is 10.5. The molecule has 1 atom stereocenters. The summed E-state index contributed by atoms with van der Waals surface area (Å²) in [5, 5.41) is 3.17. The van der Waals surface area contributed by atoms with Crippen LogP contribution in [0.4, 0.5) is 5.69 Å². The number of anilines is 1. The molecular formula is C12H18N2OS. The lowest BCUT2D eigenvalue weighted by molar-refractivity contribution is -0.113. The molecule has 0 fully saturated rings. The highest BCUT2D eigenvalue weighted by Crippen LogP contribution is 2.11. The van der Waals surface area contributed by atoms with E-state index in [4.69, 9.17) is 5.73 Å². The van der Waals surface area contributed by atoms with Gasteiger partial charge in [-0.25, -0.2) is 0 Å². The minimum absolute atomic E-state index is 0.0224. The van der Waals surface area contributed by atoms with Gasteiger partial charge in [0.05, 0.1) is 5.75 Å². The van der Waals surface area contributed by atoms with Gasteiger partial charge in [0, 0.05) is 17.5 Å². The maximum absolute atomic E-state index is 11.5. The summed E-state index contributed by atoms with van der Waals surface area (Å²) in [5.74, 6) is 0.473. The number of carbonyl (C=O) groups is 1. The molecule has 1 unspecified atom stereocenters. The molecule has 0 spiro atoms. The van der Waals surface area contributed by atoms with Crippen LogP contribution in [0.2, 0.25) is 0 Å². The molecule has 3 N–H and O–H groups in total. The molecule has 1 amide bonds. The van der Waals surface area contributed by atoms with Gasteiger partial charge in [-0.15, -0.1) is 11.8 Å². The summed E-state index contributed by atoms with van der Waals surface area (Å²) in [4.78, 5) is 11.5. The molecule has 0 aliphatic carbocycles. The Morgan fingerprint density at radius 2 is 2.06 bits per heavy atom. The Labute approximate surface area is 101 Å². The number of hydrogen-bond donors (Lipinski definition) is 2. The van der Waals surface area contributed by atoms with Crippen LogP contribution in [0.3, 0.4) is 0 Å². The first kappa shape index (κ1) is 13.1. The Hall–Kier alpha value is -1.00. The van der Waals surface area contributed by atoms with Crippen LogP contribution >= 0.6 is 11.8 Å². The molecule has 16 heavy (non-hydrogen) atoms. The number of nitrogens with two attached hydrogens (primary N) is 1. The van der Waals surface area contributed by atoms with E-state index in [-0.39, 0.29) is 5.91 Å². The van der Waals surface area contributed by atoms with Crippen molar-refractivity contribution in [3.05, 3.63) is 29.8 Å². The Kier molecular flexibility index (Phi) is 5.35. The minimum Gasteiger partial charge on any atom is -0.329 e. The van der Waals surface area contributed by atoms with Gasteiger partial charge in [0.15, 0.2) is 0 Å². The highest BCUT2D eigenvalue weighted by molar-refractivity contribution is 8.00. The van der Waals surface area contributed by atoms with E-state index in [2.05, 4.69) is 5.32 Å². The summed E-state index contributed by atoms with van der Waals surface area (Å²) in [7, 11) is 0. The first-order valence-corrected chi connectivity index (χ1v) is 6.35. The van der Waals surface area contributed by atoms with E-state index >= 15 is 0 Å². The van der Waals surface area contributed by atoms with Crippen molar-refractivity contribution in [2.75, 3.05) is 17.6 Å². The van der Waals surface area contributed by atoms with Gasteiger partial charge in [0.25, 0.3) is 0 Å². The van der Waals surface area contributed by atoms with E-state index in [1.54, 1.807) is 11.8 Å². The zero-order chi connectivity index (χ0) is 12.0. The lowest BCUT2D eigenvalue weighted by Crippen LogP contribution is -2.19. The van der Waals surface area contributed by atoms with Crippen molar-refractivity contribution in [3.63, 3.8) is 0 Å². The van der Waals surface area contributed by atoms with Crippen molar-refractivity contribution < 1.29 is 4.79 Å². The van der Waals surface area contributed by atoms with Crippen LogP contribution in [-0.2, 0) is 4.79 Å². The average Bonchev–Trinajstić information content (AvgIpc) is 2.29. The maximum Gasteiger partial charge on any atom is 0.234 e. The van der Waals surface area contributed by atoms with Crippen LogP contribution in [0.5, 0.6) is 0 Å². The second kappa shape index (κ2) is 6.55. The van der Waals surface area contributed by atoms with Crippen molar-refractivity contribution in [1.29, 1.82) is 0 Å². The molecule has 1 aromatic carbocycles. The molecule has 0 saturated carbocycles. The molecule has 0 bridgehead atoms. The molecule has 88 valence electrons. The van der Waals surface area contributed by atoms with E-state index in [1.165, 1.54) is 5.56 Å². The smallest absolute Gasteiger partial charge is 0.234 e. The standard InChI is InChI=1S/C12H18N2OS/c1-9-3-5-11(6-4-9)14-12(15)8-16-10(2)7-13/h3-6,10H,7-8,13H2,1-2H3,(H,14,15). The first-order chi connectivity index (χ1) is 7.61. The first-order valence-electron chi connectivity index (χ1n) is 5.30. The van der Waals surface area contributed by atoms with Crippen LogP contribution in [0.1, 0.15) is 12.5 Å². The number of rotatable bonds is 5. The lowest BCUT2D eigenvalue weighted by atomic mass is 10.2. The Bertz CT molecular complexity index is 337. The van der Waals surface area contributed by atoms with Gasteiger partial charge >= 0.3 is 0 Å². The van der Waals surface area contributed by atoms with Crippen LogP contribution in [0.25, 0.3) is 0 Å². The largest absolute Gasteiger partial charge is 0.329 e. The predicted octanol–water partition coefficient (Wildman–Crippen LogP) is 2.01. The van der Waals surface area contributed by atoms with Crippen molar-refractivity contribution in [2.24, 2.45) is 5.73 Å². The number of carbonyl (C=O) groups excluding carboxylic acids is 1. The number of thioether (sulfide) groups is 1. The van der Waals surface area contributed by atoms with E-state index in [0.29, 0.717) is 17.5 Å². The molecule has 1 aromatic rings. The average molecular weight is 238 g/mol. The van der Waals surface area contributed by atoms with Gasteiger partial charge in [-0.1, -0.05) is 24.6 Å². The van der Waals surface area contributed by atoms with Crippen molar-refractivity contribution in [3.8, 4) is 0 Å². The maximum atomic E-state index is 11.5. The summed E-state index contributed by atoms with van der Waals surface area (Å²) < 4.78 is 0. The monoisotopic (exact) mass is 238 g/mol. The molecular weight excluding hydrogens is 220 g/mol. The van der Waals surface area contributed by atoms with Crippen molar-refractivity contribution in [1.82, 2.24) is 0 Å². The topological polar surface area (TPSA) is 55.1 Å². The van der Waals surface area contributed by atoms with Crippen LogP contribution in [-0.4, -0.2) is 23.5 Å². The van der Waals surface area contributed by atoms with Crippen LogP contribution < -0.4 is 11.1 Å². The number of benzene rings is 1. The Morgan fingerprint density at radius 3 is 2.62 bits per heavy atom. The third-order valence-electron chi connectivity index (χ3n) is 2.17. The van der Waals surface area contributed by atoms with Gasteiger partial charge in [-0.2, -0.15) is 0 Å². The summed E-state index contributed by atoms with van der Waals surface area (Å²) in [5.41, 5.74) is 7.50. The summed E-state index contributed by atoms with van der Waals surface area (Å²) >= 11 is 1.57. The fourth-order valence-corrected chi connectivity index (χ4v) is 1.76. The minimum atomic E-state index is 0.0224. The Balaban J connectivity index is 2.37. The highest BCUT2D eigenvalue weighted by atomic mass is 32.2. The van der Waals surface area contributed by atoms with Gasteiger partial charge in [0.1, 0.15) is 0 Å². The van der Waals surface area contributed by atoms with E-state index in [9.17, 15) is 4.79 Å². The highest BCUT2D eigenvalue weighted by Gasteiger charge is 2.05. The van der Waals surface area contributed by atoms with E-state index in [1.807, 2.05) is 38.1 Å². The number of nitrogens with one attached hydrogen (secondary N) is 1. The summed E-state index contributed by atoms with van der Waals surface area (Å²) in [6, 6.07) is 7.77. The van der Waals surface area contributed by atoms with Gasteiger partial charge in [-0.3, -0.25) is 4.79 Å². The molecule has 0 aliphatic rings. The van der Waals surface area contributed by atoms with E-state index < -0.39 is 0 Å². The summed E-state index contributed by atoms with van der Waals surface area (Å²) in [6.07, 6.45) is 0. The van der Waals surface area contributed by atoms with Crippen LogP contribution in [0, 0.1) is 6.92 Å². The lowest BCUT2D eigenvalue weighted by Gasteiger charge is -2.08. The number of hydrogen-bond acceptors (Lipinski definition) is 3. The normalized spacial score (nSPS) is 12.2. The zero-order valence-electron chi connectivity index (χ0n) is 9.69. The van der Waals surface area contributed by atoms with Crippen molar-refractivity contribution in [2.45, 2.75) is 19.1 Å². The van der Waals surface area contributed by atoms with Gasteiger partial charge in [-0.05, 0) is 19.1 Å². The van der Waals surface area contributed by atoms with E-state index in [0.717, 1.165) is 5.69 Å². The fourth-order valence-electron chi connectivity index (χ4n) is 1.12. The van der Waals surface area contributed by atoms with Gasteiger partial charge < -0.3 is 11.1 Å². The quantitative estimate of drug-likeness (QED) is 0.825.